The Morgan fingerprint density at radius 1 is 0.263 bits per heavy atom. The molecular weight excluding hydrogens is 1080 g/mol. The second kappa shape index (κ2) is 28.1. The van der Waals surface area contributed by atoms with E-state index in [2.05, 4.69) is 0 Å². The van der Waals surface area contributed by atoms with E-state index in [0.29, 0.717) is 48.0 Å². The second-order valence-electron chi connectivity index (χ2n) is 16.3. The number of para-hydroxylation sites is 1. The summed E-state index contributed by atoms with van der Waals surface area (Å²) < 4.78 is 65.4. The summed E-state index contributed by atoms with van der Waals surface area (Å²) in [5.41, 5.74) is 0.706. The molecule has 1 atom stereocenters. The van der Waals surface area contributed by atoms with Crippen molar-refractivity contribution >= 4 is 101 Å². The molecule has 10 nitrogen and oxygen atoms in total. The second-order valence-corrected chi connectivity index (χ2v) is 26.0. The van der Waals surface area contributed by atoms with E-state index in [1.165, 1.54) is 0 Å². The number of benzene rings is 10. The maximum absolute atomic E-state index is 12.1. The summed E-state index contributed by atoms with van der Waals surface area (Å²) in [6.07, 6.45) is 0. The van der Waals surface area contributed by atoms with Crippen LogP contribution in [0.4, 0.5) is 0 Å². The quantitative estimate of drug-likeness (QED) is 0.0805. The Balaban J connectivity index is 0.000000154. The van der Waals surface area contributed by atoms with Crippen molar-refractivity contribution in [3.8, 4) is 0 Å². The minimum absolute atomic E-state index is 0. The fourth-order valence-corrected chi connectivity index (χ4v) is 14.1. The molecule has 10 aromatic carbocycles. The van der Waals surface area contributed by atoms with Gasteiger partial charge in [0.1, 0.15) is 0 Å². The van der Waals surface area contributed by atoms with Gasteiger partial charge in [0.05, 0.1) is 29.5 Å². The predicted octanol–water partition coefficient (Wildman–Crippen LogP) is 9.43. The van der Waals surface area contributed by atoms with Crippen LogP contribution in [0.3, 0.4) is 0 Å². The molecule has 0 saturated carbocycles. The smallest absolute Gasteiger partial charge is 0.793 e. The Labute approximate surface area is 457 Å². The van der Waals surface area contributed by atoms with Crippen molar-refractivity contribution in [2.45, 2.75) is 0 Å². The normalized spacial score (nSPS) is 11.3. The third-order valence-electron chi connectivity index (χ3n) is 11.2. The molecule has 1 unspecified atom stereocenters. The predicted molar refractivity (Wildman–Crippen MR) is 300 cm³/mol. The van der Waals surface area contributed by atoms with Crippen LogP contribution in [0.25, 0.3) is 21.5 Å². The van der Waals surface area contributed by atoms with Crippen molar-refractivity contribution in [3.63, 3.8) is 0 Å². The van der Waals surface area contributed by atoms with E-state index in [1.54, 1.807) is 243 Å². The van der Waals surface area contributed by atoms with Gasteiger partial charge in [-0.1, -0.05) is 273 Å². The summed E-state index contributed by atoms with van der Waals surface area (Å²) in [7, 11) is -16.3. The average Bonchev–Trinajstić information content (AvgIpc) is 3.48. The SMILES string of the molecule is O=P([O-])(c1ccccc1)c1ccccc1.O=P([O-])(c1ccccc1)c1ccccc1.O=P([O-])(c1ccccc1)c1ccccc1.O=P([O-])(c1ccccc1)c1ccccc1.O=[p+]1oc2ccccc2c2ccccc21.[Ti+4]. The van der Waals surface area contributed by atoms with E-state index in [9.17, 15) is 42.4 Å². The van der Waals surface area contributed by atoms with Gasteiger partial charge in [-0.2, -0.15) is 0 Å². The fourth-order valence-electron chi connectivity index (χ4n) is 7.36. The minimum atomic E-state index is -3.65. The first-order valence-electron chi connectivity index (χ1n) is 23.2. The summed E-state index contributed by atoms with van der Waals surface area (Å²) in [4.78, 5) is 48.2. The van der Waals surface area contributed by atoms with Gasteiger partial charge in [0.15, 0.2) is 5.58 Å². The molecule has 0 amide bonds. The molecule has 16 heteroatoms. The van der Waals surface area contributed by atoms with E-state index in [4.69, 9.17) is 4.20 Å². The molecule has 11 rings (SSSR count). The van der Waals surface area contributed by atoms with Gasteiger partial charge in [0.2, 0.25) is 5.12 Å². The molecule has 1 aromatic heterocycles. The van der Waals surface area contributed by atoms with E-state index >= 15 is 0 Å². The first-order chi connectivity index (χ1) is 36.2. The molecule has 0 bridgehead atoms. The van der Waals surface area contributed by atoms with Crippen LogP contribution in [-0.4, -0.2) is 0 Å². The van der Waals surface area contributed by atoms with Crippen LogP contribution in [0, 0.1) is 0 Å². The Morgan fingerprint density at radius 3 is 0.684 bits per heavy atom. The Hall–Kier alpha value is -6.43. The molecular formula is C60H48O10P5Ti+. The Bertz CT molecular complexity index is 3240. The van der Waals surface area contributed by atoms with Crippen LogP contribution in [0.2, 0.25) is 0 Å². The summed E-state index contributed by atoms with van der Waals surface area (Å²) in [5, 5.41) is 5.67. The summed E-state index contributed by atoms with van der Waals surface area (Å²) in [5.74, 6) is 0. The first kappa shape index (κ1) is 58.8. The van der Waals surface area contributed by atoms with Gasteiger partial charge in [-0.3, -0.25) is 0 Å². The molecule has 0 aliphatic heterocycles. The topological polar surface area (TPSA) is 191 Å². The van der Waals surface area contributed by atoms with Crippen molar-refractivity contribution in [3.05, 3.63) is 291 Å². The number of fused-ring (bicyclic) bond motifs is 3. The van der Waals surface area contributed by atoms with Crippen LogP contribution < -0.4 is 62.0 Å². The van der Waals surface area contributed by atoms with Crippen LogP contribution in [0.5, 0.6) is 0 Å². The van der Waals surface area contributed by atoms with Gasteiger partial charge in [0, 0.05) is 53.2 Å². The summed E-state index contributed by atoms with van der Waals surface area (Å²) in [6, 6.07) is 83.1. The number of hydrogen-bond donors (Lipinski definition) is 0. The van der Waals surface area contributed by atoms with Crippen molar-refractivity contribution in [1.82, 2.24) is 0 Å². The van der Waals surface area contributed by atoms with Crippen molar-refractivity contribution in [1.29, 1.82) is 0 Å². The molecule has 0 spiro atoms. The van der Waals surface area contributed by atoms with Gasteiger partial charge in [-0.15, -0.1) is 0 Å². The maximum atomic E-state index is 12.1. The Morgan fingerprint density at radius 2 is 0.447 bits per heavy atom. The first-order valence-corrected chi connectivity index (χ1v) is 30.9. The molecule has 0 saturated heterocycles. The number of hydrogen-bond acceptors (Lipinski definition) is 10. The van der Waals surface area contributed by atoms with Crippen LogP contribution >= 0.6 is 37.1 Å². The van der Waals surface area contributed by atoms with Crippen LogP contribution in [-0.2, 0) is 44.5 Å². The minimum Gasteiger partial charge on any atom is -0.793 e. The third kappa shape index (κ3) is 15.4. The molecule has 76 heavy (non-hydrogen) atoms. The van der Waals surface area contributed by atoms with E-state index in [1.807, 2.05) is 48.5 Å². The summed E-state index contributed by atoms with van der Waals surface area (Å²) in [6.45, 7) is 0. The molecule has 0 fully saturated rings. The average molecular weight is 1130 g/mol. The summed E-state index contributed by atoms with van der Waals surface area (Å²) >= 11 is 0. The maximum Gasteiger partial charge on any atom is 4.00 e. The fraction of sp³-hybridized carbons (Fsp3) is 0. The molecule has 0 aliphatic rings. The zero-order valence-corrected chi connectivity index (χ0v) is 46.6. The van der Waals surface area contributed by atoms with E-state index in [0.717, 1.165) is 15.9 Å². The zero-order valence-electron chi connectivity index (χ0n) is 40.5. The van der Waals surface area contributed by atoms with Crippen molar-refractivity contribution < 1.29 is 68.3 Å². The molecule has 0 radical (unpaired) electrons. The molecule has 1 heterocycles. The van der Waals surface area contributed by atoms with Gasteiger partial charge in [0.25, 0.3) is 0 Å². The Kier molecular flexibility index (Phi) is 21.7. The van der Waals surface area contributed by atoms with Crippen molar-refractivity contribution in [2.24, 2.45) is 0 Å². The van der Waals surface area contributed by atoms with E-state index < -0.39 is 37.1 Å². The van der Waals surface area contributed by atoms with Crippen molar-refractivity contribution in [2.75, 3.05) is 0 Å². The van der Waals surface area contributed by atoms with Gasteiger partial charge < -0.3 is 37.8 Å². The zero-order chi connectivity index (χ0) is 53.2. The molecule has 0 aliphatic carbocycles. The van der Waals surface area contributed by atoms with Gasteiger partial charge in [-0.05, 0) is 22.8 Å². The molecule has 11 aromatic rings. The molecule has 376 valence electrons. The number of rotatable bonds is 8. The van der Waals surface area contributed by atoms with Crippen LogP contribution in [0.1, 0.15) is 0 Å². The van der Waals surface area contributed by atoms with Gasteiger partial charge >= 0.3 is 29.4 Å². The van der Waals surface area contributed by atoms with Gasteiger partial charge in [-0.25, -0.2) is 4.20 Å². The van der Waals surface area contributed by atoms with E-state index in [-0.39, 0.29) is 21.7 Å². The monoisotopic (exact) mass is 1130 g/mol. The largest absolute Gasteiger partial charge is 4.00 e. The standard InChI is InChI=1S/C12H8O2P.4C12H11O2P.Ti/c13-15-12-8-4-2-6-10(12)9-5-1-3-7-11(9)14-15;4*13-15(14,11-7-3-1-4-8-11)12-9-5-2-6-10-12;/h1-8H;4*1-10H,(H,13,14);/q+1;;;;;+4/p-4. The van der Waals surface area contributed by atoms with Crippen LogP contribution in [0.15, 0.2) is 295 Å². The molecule has 0 N–H and O–H groups in total. The third-order valence-corrected chi connectivity index (χ3v) is 20.2.